The van der Waals surface area contributed by atoms with Gasteiger partial charge in [-0.2, -0.15) is 0 Å². The van der Waals surface area contributed by atoms with E-state index < -0.39 is 0 Å². The molecule has 2 aliphatic heterocycles. The number of anilines is 6. The first-order valence-electron chi connectivity index (χ1n) is 20.8. The van der Waals surface area contributed by atoms with Crippen molar-refractivity contribution < 1.29 is 0 Å². The molecule has 2 nitrogen and oxygen atoms in total. The highest BCUT2D eigenvalue weighted by Gasteiger charge is 2.42. The first-order valence-corrected chi connectivity index (χ1v) is 22.4. The van der Waals surface area contributed by atoms with Crippen molar-refractivity contribution >= 4 is 89.0 Å². The lowest BCUT2D eigenvalue weighted by atomic mass is 9.58. The topological polar surface area (TPSA) is 6.48 Å². The molecule has 0 amide bonds. The summed E-state index contributed by atoms with van der Waals surface area (Å²) in [6.45, 7) is 30.2. The second-order valence-corrected chi connectivity index (χ2v) is 23.1. The highest BCUT2D eigenvalue weighted by Crippen LogP contribution is 2.60. The zero-order valence-corrected chi connectivity index (χ0v) is 37.9. The third kappa shape index (κ3) is 6.36. The van der Waals surface area contributed by atoms with Crippen LogP contribution in [0.2, 0.25) is 0 Å². The molecule has 0 bridgehead atoms. The van der Waals surface area contributed by atoms with Crippen molar-refractivity contribution in [3.05, 3.63) is 135 Å². The Labute approximate surface area is 349 Å². The summed E-state index contributed by atoms with van der Waals surface area (Å²) in [5.74, 6) is 0.207. The lowest BCUT2D eigenvalue weighted by Gasteiger charge is -2.38. The van der Waals surface area contributed by atoms with Crippen LogP contribution in [-0.2, 0) is 21.7 Å². The van der Waals surface area contributed by atoms with Crippen molar-refractivity contribution in [1.82, 2.24) is 0 Å². The third-order valence-electron chi connectivity index (χ3n) is 12.4. The summed E-state index contributed by atoms with van der Waals surface area (Å²) in [6, 6.07) is 38.4. The van der Waals surface area contributed by atoms with Gasteiger partial charge in [0.1, 0.15) is 0 Å². The first kappa shape index (κ1) is 38.2. The van der Waals surface area contributed by atoms with E-state index in [4.69, 9.17) is 0 Å². The SMILES string of the molecule is Cc1cc2c3c(c1)N(c1ccc(C(C)(C)C)cc1)c1c(sc4ccc(C(C)(C)C)cc14)C3Bc1sc3ccc(C(C)(C)C)cc3c1N2c1ccc(C(C)(C)C)cc1. The summed E-state index contributed by atoms with van der Waals surface area (Å²) in [5.41, 5.74) is 16.1. The molecule has 290 valence electrons. The lowest BCUT2D eigenvalue weighted by Crippen LogP contribution is -2.26. The molecule has 0 aliphatic carbocycles. The van der Waals surface area contributed by atoms with Gasteiger partial charge in [0.05, 0.1) is 22.7 Å². The maximum atomic E-state index is 2.65. The summed E-state index contributed by atoms with van der Waals surface area (Å²) < 4.78 is 4.19. The molecule has 0 radical (unpaired) electrons. The van der Waals surface area contributed by atoms with E-state index in [1.54, 1.807) is 0 Å². The van der Waals surface area contributed by atoms with Crippen LogP contribution in [0.25, 0.3) is 20.2 Å². The fourth-order valence-electron chi connectivity index (χ4n) is 9.02. The van der Waals surface area contributed by atoms with Crippen molar-refractivity contribution in [2.45, 2.75) is 117 Å². The van der Waals surface area contributed by atoms with Crippen LogP contribution in [0, 0.1) is 6.92 Å². The van der Waals surface area contributed by atoms with Crippen LogP contribution < -0.4 is 14.6 Å². The second-order valence-electron chi connectivity index (χ2n) is 20.8. The van der Waals surface area contributed by atoms with Gasteiger partial charge in [0.15, 0.2) is 7.28 Å². The molecule has 1 unspecified atom stereocenters. The second kappa shape index (κ2) is 12.8. The van der Waals surface area contributed by atoms with Gasteiger partial charge >= 0.3 is 0 Å². The maximum absolute atomic E-state index is 2.65. The molecule has 0 fully saturated rings. The Bertz CT molecular complexity index is 2680. The van der Waals surface area contributed by atoms with Gasteiger partial charge in [0, 0.05) is 47.8 Å². The van der Waals surface area contributed by atoms with E-state index >= 15 is 0 Å². The molecule has 5 aromatic carbocycles. The summed E-state index contributed by atoms with van der Waals surface area (Å²) >= 11 is 4.01. The Hall–Kier alpha value is -4.32. The Balaban J connectivity index is 1.39. The number of aryl methyl sites for hydroxylation is 1. The zero-order chi connectivity index (χ0) is 40.6. The average Bonchev–Trinajstić information content (AvgIpc) is 3.64. The van der Waals surface area contributed by atoms with Gasteiger partial charge < -0.3 is 9.80 Å². The van der Waals surface area contributed by atoms with Gasteiger partial charge in [-0.05, 0) is 122 Å². The zero-order valence-electron chi connectivity index (χ0n) is 36.2. The highest BCUT2D eigenvalue weighted by atomic mass is 32.1. The number of fused-ring (bicyclic) bond motifs is 7. The Kier molecular flexibility index (Phi) is 8.61. The number of hydrogen-bond acceptors (Lipinski definition) is 4. The predicted octanol–water partition coefficient (Wildman–Crippen LogP) is 15.0. The van der Waals surface area contributed by atoms with Gasteiger partial charge in [-0.15, -0.1) is 22.7 Å². The van der Waals surface area contributed by atoms with Crippen LogP contribution in [0.3, 0.4) is 0 Å². The largest absolute Gasteiger partial charge is 0.309 e. The van der Waals surface area contributed by atoms with Crippen molar-refractivity contribution in [3.63, 3.8) is 0 Å². The molecule has 2 aliphatic rings. The average molecular weight is 785 g/mol. The molecule has 7 aromatic rings. The highest BCUT2D eigenvalue weighted by molar-refractivity contribution is 7.29. The van der Waals surface area contributed by atoms with Crippen LogP contribution in [0.5, 0.6) is 0 Å². The van der Waals surface area contributed by atoms with Gasteiger partial charge in [-0.1, -0.05) is 119 Å². The summed E-state index contributed by atoms with van der Waals surface area (Å²) in [5, 5.41) is 2.72. The molecule has 0 N–H and O–H groups in total. The molecule has 2 aromatic heterocycles. The monoisotopic (exact) mass is 784 g/mol. The van der Waals surface area contributed by atoms with Crippen LogP contribution in [0.1, 0.15) is 127 Å². The molecule has 4 heterocycles. The first-order chi connectivity index (χ1) is 26.7. The maximum Gasteiger partial charge on any atom is 0.188 e. The van der Waals surface area contributed by atoms with Crippen molar-refractivity contribution in [1.29, 1.82) is 0 Å². The van der Waals surface area contributed by atoms with E-state index in [9.17, 15) is 0 Å². The molecule has 5 heteroatoms. The lowest BCUT2D eigenvalue weighted by molar-refractivity contribution is 0.590. The molecular weight excluding hydrogens is 728 g/mol. The summed E-state index contributed by atoms with van der Waals surface area (Å²) in [6.07, 6.45) is 0. The Morgan fingerprint density at radius 3 is 1.33 bits per heavy atom. The normalized spacial score (nSPS) is 15.7. The van der Waals surface area contributed by atoms with E-state index in [0.29, 0.717) is 0 Å². The number of benzene rings is 5. The van der Waals surface area contributed by atoms with E-state index in [1.807, 2.05) is 22.7 Å². The molecular formula is C52H57BN2S2. The molecule has 57 heavy (non-hydrogen) atoms. The number of hydrogen-bond donors (Lipinski definition) is 0. The summed E-state index contributed by atoms with van der Waals surface area (Å²) in [4.78, 5) is 6.75. The number of thiophene rings is 2. The van der Waals surface area contributed by atoms with E-state index in [1.165, 1.54) is 97.3 Å². The molecule has 0 spiro atoms. The third-order valence-corrected chi connectivity index (χ3v) is 14.9. The fourth-order valence-corrected chi connectivity index (χ4v) is 11.5. The molecule has 1 atom stereocenters. The van der Waals surface area contributed by atoms with Crippen LogP contribution >= 0.6 is 22.7 Å². The predicted molar refractivity (Wildman–Crippen MR) is 255 cm³/mol. The standard InChI is InChI=1S/C52H57BN2S2/c1-30-26-39-43-40(27-30)55(36-22-16-32(17-23-36)50(5,6)7)46-38-29-34(52(11,12)13)19-25-42(38)57-48(46)53-44(43)47-45(37-28-33(51(8,9)10)18-24-41(37)56-47)54(39)35-20-14-31(15-21-35)49(2,3)4/h14-29,44,53H,1-13H3. The Morgan fingerprint density at radius 2 is 0.877 bits per heavy atom. The summed E-state index contributed by atoms with van der Waals surface area (Å²) in [7, 11) is 0.960. The molecule has 0 saturated carbocycles. The van der Waals surface area contributed by atoms with E-state index in [2.05, 4.69) is 197 Å². The minimum Gasteiger partial charge on any atom is -0.309 e. The van der Waals surface area contributed by atoms with E-state index in [-0.39, 0.29) is 27.5 Å². The quantitative estimate of drug-likeness (QED) is 0.161. The van der Waals surface area contributed by atoms with Gasteiger partial charge in [-0.3, -0.25) is 0 Å². The van der Waals surface area contributed by atoms with Gasteiger partial charge in [0.2, 0.25) is 0 Å². The smallest absolute Gasteiger partial charge is 0.188 e. The van der Waals surface area contributed by atoms with Crippen molar-refractivity contribution in [2.24, 2.45) is 0 Å². The van der Waals surface area contributed by atoms with Crippen LogP contribution in [-0.4, -0.2) is 7.28 Å². The minimum atomic E-state index is 0.0426. The van der Waals surface area contributed by atoms with E-state index in [0.717, 1.165) is 7.28 Å². The van der Waals surface area contributed by atoms with Crippen LogP contribution in [0.4, 0.5) is 34.1 Å². The van der Waals surface area contributed by atoms with Crippen LogP contribution in [0.15, 0.2) is 97.1 Å². The minimum absolute atomic E-state index is 0.0426. The van der Waals surface area contributed by atoms with Gasteiger partial charge in [0.25, 0.3) is 0 Å². The number of nitrogens with zero attached hydrogens (tertiary/aromatic N) is 2. The van der Waals surface area contributed by atoms with Crippen molar-refractivity contribution in [3.8, 4) is 0 Å². The van der Waals surface area contributed by atoms with Crippen molar-refractivity contribution in [2.75, 3.05) is 9.80 Å². The molecule has 0 saturated heterocycles. The number of rotatable bonds is 2. The fraction of sp³-hybridized carbons (Fsp3) is 0.346. The molecule has 9 rings (SSSR count). The van der Waals surface area contributed by atoms with Gasteiger partial charge in [-0.25, -0.2) is 0 Å². The Morgan fingerprint density at radius 1 is 0.474 bits per heavy atom.